The summed E-state index contributed by atoms with van der Waals surface area (Å²) in [6.45, 7) is 1.88. The zero-order chi connectivity index (χ0) is 14.2. The van der Waals surface area contributed by atoms with Crippen molar-refractivity contribution in [1.82, 2.24) is 14.6 Å². The first-order chi connectivity index (χ1) is 9.58. The molecule has 0 spiro atoms. The lowest BCUT2D eigenvalue weighted by molar-refractivity contribution is 0.601. The van der Waals surface area contributed by atoms with Crippen molar-refractivity contribution in [3.63, 3.8) is 0 Å². The van der Waals surface area contributed by atoms with Gasteiger partial charge in [-0.1, -0.05) is 18.2 Å². The molecule has 3 rings (SSSR count). The van der Waals surface area contributed by atoms with E-state index < -0.39 is 10.0 Å². The quantitative estimate of drug-likeness (QED) is 0.798. The van der Waals surface area contributed by atoms with Crippen molar-refractivity contribution in [3.8, 4) is 0 Å². The minimum atomic E-state index is -3.65. The van der Waals surface area contributed by atoms with Crippen LogP contribution in [0, 0.1) is 6.92 Å². The van der Waals surface area contributed by atoms with Crippen LogP contribution in [0.5, 0.6) is 0 Å². The topological polar surface area (TPSA) is 76.4 Å². The monoisotopic (exact) mass is 288 g/mol. The third kappa shape index (κ3) is 2.12. The molecule has 3 aromatic rings. The third-order valence-electron chi connectivity index (χ3n) is 2.93. The van der Waals surface area contributed by atoms with E-state index >= 15 is 0 Å². The van der Waals surface area contributed by atoms with E-state index in [4.69, 9.17) is 0 Å². The fraction of sp³-hybridized carbons (Fsp3) is 0.0769. The second kappa shape index (κ2) is 4.61. The number of rotatable bonds is 3. The molecule has 102 valence electrons. The number of aryl methyl sites for hydroxylation is 1. The van der Waals surface area contributed by atoms with Crippen LogP contribution in [-0.2, 0) is 10.0 Å². The van der Waals surface area contributed by atoms with Crippen molar-refractivity contribution >= 4 is 21.4 Å². The van der Waals surface area contributed by atoms with Crippen LogP contribution in [0.3, 0.4) is 0 Å². The third-order valence-corrected chi connectivity index (χ3v) is 4.28. The second-order valence-corrected chi connectivity index (χ2v) is 5.98. The Morgan fingerprint density at radius 1 is 1.10 bits per heavy atom. The maximum absolute atomic E-state index is 12.3. The molecular weight excluding hydrogens is 276 g/mol. The highest BCUT2D eigenvalue weighted by molar-refractivity contribution is 7.92. The molecule has 0 unspecified atom stereocenters. The summed E-state index contributed by atoms with van der Waals surface area (Å²) in [6, 6.07) is 11.8. The summed E-state index contributed by atoms with van der Waals surface area (Å²) in [4.78, 5) is 4.20. The van der Waals surface area contributed by atoms with Crippen molar-refractivity contribution in [2.75, 3.05) is 4.72 Å². The number of aromatic nitrogens is 3. The fourth-order valence-corrected chi connectivity index (χ4v) is 2.97. The van der Waals surface area contributed by atoms with Gasteiger partial charge in [-0.2, -0.15) is 5.10 Å². The number of hydrogen-bond donors (Lipinski definition) is 1. The largest absolute Gasteiger partial charge is 0.263 e. The molecule has 0 fully saturated rings. The van der Waals surface area contributed by atoms with Crippen LogP contribution in [0.4, 0.5) is 5.82 Å². The van der Waals surface area contributed by atoms with Crippen LogP contribution in [-0.4, -0.2) is 23.0 Å². The van der Waals surface area contributed by atoms with Gasteiger partial charge in [0.05, 0.1) is 4.90 Å². The van der Waals surface area contributed by atoms with Gasteiger partial charge in [0.2, 0.25) is 0 Å². The molecule has 0 aliphatic rings. The number of benzene rings is 1. The number of nitrogens with zero attached hydrogens (tertiary/aromatic N) is 3. The van der Waals surface area contributed by atoms with Crippen LogP contribution in [0.1, 0.15) is 5.69 Å². The number of hydrogen-bond acceptors (Lipinski definition) is 4. The maximum atomic E-state index is 12.3. The van der Waals surface area contributed by atoms with Crippen LogP contribution >= 0.6 is 0 Å². The fourth-order valence-electron chi connectivity index (χ4n) is 1.93. The summed E-state index contributed by atoms with van der Waals surface area (Å²) in [5.74, 6) is 0.261. The van der Waals surface area contributed by atoms with Gasteiger partial charge in [0, 0.05) is 5.69 Å². The van der Waals surface area contributed by atoms with Gasteiger partial charge in [0.15, 0.2) is 5.82 Å². The predicted molar refractivity (Wildman–Crippen MR) is 75.0 cm³/mol. The van der Waals surface area contributed by atoms with Crippen molar-refractivity contribution in [3.05, 3.63) is 54.5 Å². The molecule has 0 radical (unpaired) electrons. The molecular formula is C13H12N4O2S. The predicted octanol–water partition coefficient (Wildman–Crippen LogP) is 1.84. The zero-order valence-electron chi connectivity index (χ0n) is 10.7. The van der Waals surface area contributed by atoms with E-state index in [-0.39, 0.29) is 10.7 Å². The average Bonchev–Trinajstić information content (AvgIpc) is 2.83. The van der Waals surface area contributed by atoms with E-state index in [1.54, 1.807) is 28.8 Å². The second-order valence-electron chi connectivity index (χ2n) is 4.30. The number of anilines is 1. The van der Waals surface area contributed by atoms with E-state index in [1.807, 2.05) is 13.0 Å². The summed E-state index contributed by atoms with van der Waals surface area (Å²) >= 11 is 0. The standard InChI is InChI=1S/C13H12N4O2S/c1-10-7-8-12-13(14-9-15-17(10)12)16-20(18,19)11-5-3-2-4-6-11/h2-9H,1H3,(H,14,15,16). The van der Waals surface area contributed by atoms with Gasteiger partial charge in [-0.05, 0) is 31.2 Å². The van der Waals surface area contributed by atoms with Gasteiger partial charge in [-0.15, -0.1) is 0 Å². The zero-order valence-corrected chi connectivity index (χ0v) is 11.5. The smallest absolute Gasteiger partial charge is 0.261 e. The Balaban J connectivity index is 2.06. The normalized spacial score (nSPS) is 11.7. The van der Waals surface area contributed by atoms with Crippen molar-refractivity contribution in [2.45, 2.75) is 11.8 Å². The van der Waals surface area contributed by atoms with Gasteiger partial charge in [0.25, 0.3) is 10.0 Å². The first-order valence-electron chi connectivity index (χ1n) is 5.95. The molecule has 6 nitrogen and oxygen atoms in total. The Kier molecular flexibility index (Phi) is 2.90. The highest BCUT2D eigenvalue weighted by atomic mass is 32.2. The van der Waals surface area contributed by atoms with Crippen molar-refractivity contribution in [1.29, 1.82) is 0 Å². The van der Waals surface area contributed by atoms with Crippen molar-refractivity contribution < 1.29 is 8.42 Å². The minimum Gasteiger partial charge on any atom is -0.261 e. The molecule has 0 atom stereocenters. The molecule has 0 aliphatic carbocycles. The summed E-state index contributed by atoms with van der Waals surface area (Å²) in [7, 11) is -3.65. The molecule has 20 heavy (non-hydrogen) atoms. The van der Waals surface area contributed by atoms with E-state index in [9.17, 15) is 8.42 Å². The highest BCUT2D eigenvalue weighted by Crippen LogP contribution is 2.19. The lowest BCUT2D eigenvalue weighted by atomic mass is 10.4. The van der Waals surface area contributed by atoms with E-state index in [0.29, 0.717) is 5.52 Å². The Hall–Kier alpha value is -2.41. The molecule has 0 bridgehead atoms. The van der Waals surface area contributed by atoms with Crippen LogP contribution in [0.15, 0.2) is 53.7 Å². The molecule has 0 amide bonds. The highest BCUT2D eigenvalue weighted by Gasteiger charge is 2.16. The van der Waals surface area contributed by atoms with Gasteiger partial charge in [0.1, 0.15) is 11.8 Å². The number of sulfonamides is 1. The van der Waals surface area contributed by atoms with Crippen LogP contribution in [0.2, 0.25) is 0 Å². The Labute approximate surface area is 116 Å². The number of nitrogens with one attached hydrogen (secondary N) is 1. The van der Waals surface area contributed by atoms with Crippen LogP contribution in [0.25, 0.3) is 5.52 Å². The van der Waals surface area contributed by atoms with Crippen molar-refractivity contribution in [2.24, 2.45) is 0 Å². The molecule has 1 N–H and O–H groups in total. The molecule has 0 aliphatic heterocycles. The van der Waals surface area contributed by atoms with Gasteiger partial charge < -0.3 is 0 Å². The number of fused-ring (bicyclic) bond motifs is 1. The Morgan fingerprint density at radius 3 is 2.60 bits per heavy atom. The Morgan fingerprint density at radius 2 is 1.85 bits per heavy atom. The average molecular weight is 288 g/mol. The lowest BCUT2D eigenvalue weighted by Gasteiger charge is -2.08. The first kappa shape index (κ1) is 12.6. The molecule has 2 heterocycles. The SMILES string of the molecule is Cc1ccc2c(NS(=O)(=O)c3ccccc3)ncnn12. The molecule has 0 saturated carbocycles. The summed E-state index contributed by atoms with van der Waals surface area (Å²) in [5.41, 5.74) is 1.52. The van der Waals surface area contributed by atoms with Crippen LogP contribution < -0.4 is 4.72 Å². The lowest BCUT2D eigenvalue weighted by Crippen LogP contribution is -2.15. The van der Waals surface area contributed by atoms with E-state index in [2.05, 4.69) is 14.8 Å². The summed E-state index contributed by atoms with van der Waals surface area (Å²) in [6.07, 6.45) is 1.32. The maximum Gasteiger partial charge on any atom is 0.263 e. The first-order valence-corrected chi connectivity index (χ1v) is 7.43. The molecule has 2 aromatic heterocycles. The van der Waals surface area contributed by atoms with E-state index in [1.165, 1.54) is 18.5 Å². The van der Waals surface area contributed by atoms with Gasteiger partial charge in [-0.3, -0.25) is 4.72 Å². The summed E-state index contributed by atoms with van der Waals surface area (Å²) < 4.78 is 28.7. The van der Waals surface area contributed by atoms with E-state index in [0.717, 1.165) is 5.69 Å². The summed E-state index contributed by atoms with van der Waals surface area (Å²) in [5, 5.41) is 4.07. The van der Waals surface area contributed by atoms with Gasteiger partial charge in [-0.25, -0.2) is 17.9 Å². The minimum absolute atomic E-state index is 0.194. The molecule has 1 aromatic carbocycles. The Bertz CT molecular complexity index is 856. The van der Waals surface area contributed by atoms with Gasteiger partial charge >= 0.3 is 0 Å². The molecule has 0 saturated heterocycles. The molecule has 7 heteroatoms.